The molecular formula is C15H13BrClN3O. The first-order valence-corrected chi connectivity index (χ1v) is 7.73. The minimum Gasteiger partial charge on any atom is -0.497 e. The number of pyridine rings is 1. The highest BCUT2D eigenvalue weighted by Crippen LogP contribution is 2.22. The van der Waals surface area contributed by atoms with Gasteiger partial charge < -0.3 is 9.30 Å². The second-order valence-electron chi connectivity index (χ2n) is 4.60. The van der Waals surface area contributed by atoms with Crippen LogP contribution in [0.15, 0.2) is 41.0 Å². The second-order valence-corrected chi connectivity index (χ2v) is 5.78. The Morgan fingerprint density at radius 2 is 2.19 bits per heavy atom. The van der Waals surface area contributed by atoms with Gasteiger partial charge in [0, 0.05) is 10.7 Å². The number of rotatable bonds is 4. The van der Waals surface area contributed by atoms with Gasteiger partial charge in [-0.15, -0.1) is 11.6 Å². The van der Waals surface area contributed by atoms with E-state index in [0.717, 1.165) is 32.8 Å². The molecule has 0 spiro atoms. The van der Waals surface area contributed by atoms with Crippen molar-refractivity contribution in [3.63, 3.8) is 0 Å². The molecule has 21 heavy (non-hydrogen) atoms. The lowest BCUT2D eigenvalue weighted by Crippen LogP contribution is -2.04. The van der Waals surface area contributed by atoms with Crippen molar-refractivity contribution in [3.8, 4) is 5.75 Å². The summed E-state index contributed by atoms with van der Waals surface area (Å²) in [4.78, 5) is 8.99. The fraction of sp³-hybridized carbons (Fsp3) is 0.200. The molecule has 0 atom stereocenters. The number of ether oxygens (including phenoxy) is 1. The van der Waals surface area contributed by atoms with Gasteiger partial charge in [-0.3, -0.25) is 0 Å². The van der Waals surface area contributed by atoms with Gasteiger partial charge in [-0.1, -0.05) is 12.1 Å². The summed E-state index contributed by atoms with van der Waals surface area (Å²) in [6.45, 7) is 0.657. The summed E-state index contributed by atoms with van der Waals surface area (Å²) in [5.41, 5.74) is 2.78. The maximum Gasteiger partial charge on any atom is 0.160 e. The summed E-state index contributed by atoms with van der Waals surface area (Å²) in [7, 11) is 1.66. The molecule has 0 amide bonds. The molecule has 0 saturated heterocycles. The Labute approximate surface area is 135 Å². The molecule has 0 saturated carbocycles. The maximum absolute atomic E-state index is 6.02. The van der Waals surface area contributed by atoms with Gasteiger partial charge in [0.15, 0.2) is 5.65 Å². The Morgan fingerprint density at radius 3 is 2.95 bits per heavy atom. The van der Waals surface area contributed by atoms with Crippen molar-refractivity contribution >= 4 is 38.7 Å². The van der Waals surface area contributed by atoms with Crippen LogP contribution in [-0.4, -0.2) is 21.6 Å². The van der Waals surface area contributed by atoms with Crippen molar-refractivity contribution in [2.24, 2.45) is 0 Å². The van der Waals surface area contributed by atoms with Crippen LogP contribution >= 0.6 is 27.5 Å². The van der Waals surface area contributed by atoms with Crippen LogP contribution in [0.5, 0.6) is 5.75 Å². The Bertz CT molecular complexity index is 788. The average Bonchev–Trinajstić information content (AvgIpc) is 2.84. The van der Waals surface area contributed by atoms with Gasteiger partial charge in [0.1, 0.15) is 17.1 Å². The van der Waals surface area contributed by atoms with Gasteiger partial charge in [0.05, 0.1) is 19.5 Å². The minimum absolute atomic E-state index is 0.345. The number of imidazole rings is 1. The van der Waals surface area contributed by atoms with Crippen molar-refractivity contribution in [1.82, 2.24) is 14.5 Å². The number of fused-ring (bicyclic) bond motifs is 1. The van der Waals surface area contributed by atoms with Crippen LogP contribution in [0.4, 0.5) is 0 Å². The van der Waals surface area contributed by atoms with E-state index in [1.165, 1.54) is 0 Å². The number of benzene rings is 1. The first-order chi connectivity index (χ1) is 10.2. The normalized spacial score (nSPS) is 11.0. The van der Waals surface area contributed by atoms with Crippen LogP contribution in [0.1, 0.15) is 11.4 Å². The number of alkyl halides is 1. The molecule has 0 aliphatic rings. The smallest absolute Gasteiger partial charge is 0.160 e. The van der Waals surface area contributed by atoms with Crippen molar-refractivity contribution in [1.29, 1.82) is 0 Å². The van der Waals surface area contributed by atoms with E-state index in [0.29, 0.717) is 12.4 Å². The highest BCUT2D eigenvalue weighted by Gasteiger charge is 2.12. The number of nitrogens with zero attached hydrogens (tertiary/aromatic N) is 3. The van der Waals surface area contributed by atoms with E-state index in [9.17, 15) is 0 Å². The first kappa shape index (κ1) is 14.4. The third kappa shape index (κ3) is 2.89. The number of hydrogen-bond donors (Lipinski definition) is 0. The zero-order valence-corrected chi connectivity index (χ0v) is 13.7. The number of hydrogen-bond acceptors (Lipinski definition) is 3. The summed E-state index contributed by atoms with van der Waals surface area (Å²) in [6.07, 6.45) is 1.77. The molecule has 2 aromatic heterocycles. The van der Waals surface area contributed by atoms with Gasteiger partial charge >= 0.3 is 0 Å². The number of methoxy groups -OCH3 is 1. The molecule has 108 valence electrons. The average molecular weight is 367 g/mol. The van der Waals surface area contributed by atoms with Crippen LogP contribution in [0.3, 0.4) is 0 Å². The Kier molecular flexibility index (Phi) is 4.12. The summed E-state index contributed by atoms with van der Waals surface area (Å²) in [5.74, 6) is 1.98. The SMILES string of the molecule is COc1cccc(Cn2c(CCl)nc3cc(Br)cnc32)c1. The van der Waals surface area contributed by atoms with Crippen LogP contribution in [0.25, 0.3) is 11.2 Å². The molecule has 0 fully saturated rings. The number of halogens is 2. The van der Waals surface area contributed by atoms with Crippen LogP contribution in [0.2, 0.25) is 0 Å². The summed E-state index contributed by atoms with van der Waals surface area (Å²) in [6, 6.07) is 9.89. The van der Waals surface area contributed by atoms with Crippen LogP contribution in [-0.2, 0) is 12.4 Å². The van der Waals surface area contributed by atoms with E-state index in [-0.39, 0.29) is 0 Å². The minimum atomic E-state index is 0.345. The zero-order valence-electron chi connectivity index (χ0n) is 11.4. The van der Waals surface area contributed by atoms with E-state index in [1.54, 1.807) is 13.3 Å². The third-order valence-corrected chi connectivity index (χ3v) is 3.90. The molecule has 0 aliphatic carbocycles. The molecule has 6 heteroatoms. The number of aromatic nitrogens is 3. The van der Waals surface area contributed by atoms with E-state index >= 15 is 0 Å². The monoisotopic (exact) mass is 365 g/mol. The lowest BCUT2D eigenvalue weighted by molar-refractivity contribution is 0.414. The lowest BCUT2D eigenvalue weighted by atomic mass is 10.2. The highest BCUT2D eigenvalue weighted by atomic mass is 79.9. The fourth-order valence-corrected chi connectivity index (χ4v) is 2.78. The summed E-state index contributed by atoms with van der Waals surface area (Å²) < 4.78 is 8.20. The van der Waals surface area contributed by atoms with E-state index in [1.807, 2.05) is 34.9 Å². The van der Waals surface area contributed by atoms with Gasteiger partial charge in [-0.2, -0.15) is 0 Å². The molecular weight excluding hydrogens is 354 g/mol. The first-order valence-electron chi connectivity index (χ1n) is 6.41. The van der Waals surface area contributed by atoms with Crippen LogP contribution in [0, 0.1) is 0 Å². The fourth-order valence-electron chi connectivity index (χ4n) is 2.25. The third-order valence-electron chi connectivity index (χ3n) is 3.22. The molecule has 0 bridgehead atoms. The van der Waals surface area contributed by atoms with Crippen molar-refractivity contribution in [2.45, 2.75) is 12.4 Å². The Balaban J connectivity index is 2.06. The molecule has 0 aliphatic heterocycles. The topological polar surface area (TPSA) is 39.9 Å². The van der Waals surface area contributed by atoms with Gasteiger partial charge in [0.25, 0.3) is 0 Å². The lowest BCUT2D eigenvalue weighted by Gasteiger charge is -2.08. The molecule has 3 rings (SSSR count). The molecule has 1 aromatic carbocycles. The maximum atomic E-state index is 6.02. The van der Waals surface area contributed by atoms with E-state index in [2.05, 4.69) is 25.9 Å². The Morgan fingerprint density at radius 1 is 1.33 bits per heavy atom. The molecule has 0 unspecified atom stereocenters. The zero-order chi connectivity index (χ0) is 14.8. The van der Waals surface area contributed by atoms with E-state index < -0.39 is 0 Å². The molecule has 4 nitrogen and oxygen atoms in total. The second kappa shape index (κ2) is 6.03. The predicted molar refractivity (Wildman–Crippen MR) is 86.9 cm³/mol. The highest BCUT2D eigenvalue weighted by molar-refractivity contribution is 9.10. The van der Waals surface area contributed by atoms with Crippen molar-refractivity contribution < 1.29 is 4.74 Å². The molecule has 2 heterocycles. The molecule has 0 radical (unpaired) electrons. The molecule has 0 N–H and O–H groups in total. The standard InChI is InChI=1S/C15H13BrClN3O/c1-21-12-4-2-3-10(5-12)9-20-14(7-17)19-13-6-11(16)8-18-15(13)20/h2-6,8H,7,9H2,1H3. The van der Waals surface area contributed by atoms with Crippen molar-refractivity contribution in [2.75, 3.05) is 7.11 Å². The van der Waals surface area contributed by atoms with Crippen LogP contribution < -0.4 is 4.74 Å². The Hall–Kier alpha value is -1.59. The van der Waals surface area contributed by atoms with Gasteiger partial charge in [-0.05, 0) is 39.7 Å². The van der Waals surface area contributed by atoms with Gasteiger partial charge in [-0.25, -0.2) is 9.97 Å². The van der Waals surface area contributed by atoms with Crippen molar-refractivity contribution in [3.05, 3.63) is 52.4 Å². The summed E-state index contributed by atoms with van der Waals surface area (Å²) >= 11 is 9.43. The quantitative estimate of drug-likeness (QED) is 0.656. The van der Waals surface area contributed by atoms with E-state index in [4.69, 9.17) is 16.3 Å². The largest absolute Gasteiger partial charge is 0.497 e. The van der Waals surface area contributed by atoms with Gasteiger partial charge in [0.2, 0.25) is 0 Å². The summed E-state index contributed by atoms with van der Waals surface area (Å²) in [5, 5.41) is 0. The molecule has 3 aromatic rings. The predicted octanol–water partition coefficient (Wildman–Crippen LogP) is 3.99.